The molecule has 5 heterocycles. The van der Waals surface area contributed by atoms with Crippen LogP contribution < -0.4 is 15.2 Å². The summed E-state index contributed by atoms with van der Waals surface area (Å²) >= 11 is 0. The van der Waals surface area contributed by atoms with Gasteiger partial charge in [0.2, 0.25) is 17.1 Å². The van der Waals surface area contributed by atoms with Crippen LogP contribution in [0.3, 0.4) is 0 Å². The Labute approximate surface area is 265 Å². The van der Waals surface area contributed by atoms with E-state index in [-0.39, 0.29) is 50.0 Å². The number of nitrogens with zero attached hydrogens (tertiary/aromatic N) is 4. The number of hydrogen-bond donors (Lipinski definition) is 0. The average Bonchev–Trinajstić information content (AvgIpc) is 3.48. The van der Waals surface area contributed by atoms with Gasteiger partial charge < -0.3 is 28.4 Å². The predicted octanol–water partition coefficient (Wildman–Crippen LogP) is 3.65. The summed E-state index contributed by atoms with van der Waals surface area (Å²) in [5.41, 5.74) is 0.940. The van der Waals surface area contributed by atoms with Gasteiger partial charge >= 0.3 is 6.16 Å². The molecule has 14 heteroatoms. The van der Waals surface area contributed by atoms with Gasteiger partial charge in [-0.2, -0.15) is 0 Å². The highest BCUT2D eigenvalue weighted by Crippen LogP contribution is 2.49. The first-order valence-corrected chi connectivity index (χ1v) is 14.9. The van der Waals surface area contributed by atoms with Gasteiger partial charge in [0, 0.05) is 42.4 Å². The van der Waals surface area contributed by atoms with Crippen molar-refractivity contribution in [3.8, 4) is 28.2 Å². The first-order chi connectivity index (χ1) is 22.7. The number of amides is 2. The number of fused-ring (bicyclic) bond motifs is 7. The van der Waals surface area contributed by atoms with Crippen LogP contribution in [-0.4, -0.2) is 77.6 Å². The maximum absolute atomic E-state index is 15.9. The van der Waals surface area contributed by atoms with E-state index in [1.807, 2.05) is 6.07 Å². The Kier molecular flexibility index (Phi) is 6.65. The lowest BCUT2D eigenvalue weighted by molar-refractivity contribution is -0.139. The van der Waals surface area contributed by atoms with E-state index in [4.69, 9.17) is 18.6 Å². The van der Waals surface area contributed by atoms with Crippen LogP contribution in [0.25, 0.3) is 22.5 Å². The summed E-state index contributed by atoms with van der Waals surface area (Å²) in [6.45, 7) is 2.12. The van der Waals surface area contributed by atoms with Gasteiger partial charge in [0.1, 0.15) is 18.0 Å². The summed E-state index contributed by atoms with van der Waals surface area (Å²) in [6, 6.07) is 11.6. The lowest BCUT2D eigenvalue weighted by atomic mass is 9.92. The van der Waals surface area contributed by atoms with Crippen molar-refractivity contribution in [3.05, 3.63) is 99.7 Å². The number of halogens is 2. The minimum absolute atomic E-state index is 0.0159. The molecule has 2 saturated heterocycles. The Balaban J connectivity index is 1.30. The molecular formula is C33H26F2N4O8. The first-order valence-electron chi connectivity index (χ1n) is 14.9. The number of rotatable bonds is 3. The van der Waals surface area contributed by atoms with E-state index < -0.39 is 53.2 Å². The fourth-order valence-electron chi connectivity index (χ4n) is 6.81. The third-order valence-corrected chi connectivity index (χ3v) is 9.02. The average molecular weight is 645 g/mol. The van der Waals surface area contributed by atoms with Gasteiger partial charge in [-0.1, -0.05) is 30.3 Å². The van der Waals surface area contributed by atoms with Crippen LogP contribution in [0.15, 0.2) is 70.2 Å². The Hall–Kier alpha value is -5.50. The summed E-state index contributed by atoms with van der Waals surface area (Å²) in [7, 11) is 0. The van der Waals surface area contributed by atoms with Gasteiger partial charge in [-0.05, 0) is 23.3 Å². The van der Waals surface area contributed by atoms with Crippen LogP contribution in [0.2, 0.25) is 0 Å². The van der Waals surface area contributed by atoms with Crippen molar-refractivity contribution < 1.29 is 41.8 Å². The van der Waals surface area contributed by atoms with Crippen molar-refractivity contribution in [3.63, 3.8) is 0 Å². The molecule has 0 saturated carbocycles. The molecule has 2 atom stereocenters. The van der Waals surface area contributed by atoms with Gasteiger partial charge in [0.05, 0.1) is 38.6 Å². The van der Waals surface area contributed by atoms with Crippen LogP contribution in [0, 0.1) is 11.6 Å². The van der Waals surface area contributed by atoms with E-state index >= 15 is 4.39 Å². The van der Waals surface area contributed by atoms with Gasteiger partial charge in [-0.3, -0.25) is 24.1 Å². The number of morpholine rings is 1. The molecule has 47 heavy (non-hydrogen) atoms. The minimum Gasteiger partial charge on any atom is -0.464 e. The van der Waals surface area contributed by atoms with Gasteiger partial charge in [-0.15, -0.1) is 0 Å². The molecule has 4 aromatic rings. The van der Waals surface area contributed by atoms with Gasteiger partial charge in [-0.25, -0.2) is 13.6 Å². The van der Waals surface area contributed by atoms with Crippen molar-refractivity contribution in [2.24, 2.45) is 0 Å². The lowest BCUT2D eigenvalue weighted by Crippen LogP contribution is -2.66. The molecule has 2 unspecified atom stereocenters. The molecule has 12 nitrogen and oxygen atoms in total. The number of benzene rings is 2. The molecule has 2 fully saturated rings. The second kappa shape index (κ2) is 10.8. The van der Waals surface area contributed by atoms with E-state index in [0.717, 1.165) is 12.1 Å². The zero-order chi connectivity index (χ0) is 32.6. The fourth-order valence-corrected chi connectivity index (χ4v) is 6.81. The van der Waals surface area contributed by atoms with Crippen molar-refractivity contribution >= 4 is 18.0 Å². The van der Waals surface area contributed by atoms with Crippen LogP contribution in [0.5, 0.6) is 5.75 Å². The molecule has 0 N–H and O–H groups in total. The number of furan rings is 1. The highest BCUT2D eigenvalue weighted by atomic mass is 19.2. The molecule has 0 spiro atoms. The smallest absolute Gasteiger partial charge is 0.464 e. The number of hydrogen-bond acceptors (Lipinski definition) is 9. The van der Waals surface area contributed by atoms with Crippen LogP contribution in [0.1, 0.15) is 34.6 Å². The van der Waals surface area contributed by atoms with Crippen LogP contribution in [-0.2, 0) is 14.3 Å². The van der Waals surface area contributed by atoms with E-state index in [9.17, 15) is 23.6 Å². The lowest BCUT2D eigenvalue weighted by Gasteiger charge is -2.51. The first kappa shape index (κ1) is 28.9. The SMILES string of the molecule is CC(=O)N1CC(OC(=O)Oc2c3n(ccc2=O)N(C2c4ccccc4-c4occc4-c4c2ccc(F)c4F)C2COCCN2C3=O)C1. The largest absolute Gasteiger partial charge is 0.514 e. The molecule has 240 valence electrons. The Bertz CT molecular complexity index is 2040. The molecule has 0 bridgehead atoms. The number of ether oxygens (including phenoxy) is 3. The van der Waals surface area contributed by atoms with Crippen molar-refractivity contribution in [2.75, 3.05) is 37.9 Å². The summed E-state index contributed by atoms with van der Waals surface area (Å²) < 4.78 is 54.6. The number of likely N-dealkylation sites (tertiary alicyclic amines) is 1. The van der Waals surface area contributed by atoms with E-state index in [1.165, 1.54) is 39.9 Å². The summed E-state index contributed by atoms with van der Waals surface area (Å²) in [4.78, 5) is 54.8. The molecule has 1 aliphatic carbocycles. The normalized spacial score (nSPS) is 19.8. The third kappa shape index (κ3) is 4.42. The maximum Gasteiger partial charge on any atom is 0.514 e. The monoisotopic (exact) mass is 644 g/mol. The highest BCUT2D eigenvalue weighted by Gasteiger charge is 2.47. The second-order valence-electron chi connectivity index (χ2n) is 11.6. The number of carbonyl (C=O) groups is 3. The van der Waals surface area contributed by atoms with Gasteiger partial charge in [0.25, 0.3) is 5.91 Å². The number of aromatic nitrogens is 1. The Morgan fingerprint density at radius 2 is 1.79 bits per heavy atom. The topological polar surface area (TPSA) is 124 Å². The molecule has 0 radical (unpaired) electrons. The summed E-state index contributed by atoms with van der Waals surface area (Å²) in [6.07, 6.45) is 0.170. The molecule has 2 aromatic carbocycles. The molecule has 8 rings (SSSR count). The standard InChI is InChI=1S/C33H26F2N4O8/c1-17(40)36-14-18(15-36)46-33(43)47-31-24(41)8-10-38-29(31)32(42)37-11-13-44-16-25(37)39(38)28-19-4-2-3-5-20(19)30-22(9-12-45-30)26-21(28)6-7-23(34)27(26)35/h2-10,12,18,25,28H,11,13-16H2,1H3. The fraction of sp³-hybridized carbons (Fsp3) is 0.273. The second-order valence-corrected chi connectivity index (χ2v) is 11.6. The van der Waals surface area contributed by atoms with Crippen LogP contribution >= 0.6 is 0 Å². The van der Waals surface area contributed by atoms with Crippen molar-refractivity contribution in [1.29, 1.82) is 0 Å². The van der Waals surface area contributed by atoms with E-state index in [0.29, 0.717) is 28.0 Å². The minimum atomic E-state index is -1.21. The third-order valence-electron chi connectivity index (χ3n) is 9.02. The molecule has 2 aromatic heterocycles. The maximum atomic E-state index is 15.9. The quantitative estimate of drug-likeness (QED) is 0.308. The predicted molar refractivity (Wildman–Crippen MR) is 159 cm³/mol. The molecular weight excluding hydrogens is 618 g/mol. The number of pyridine rings is 1. The molecule has 3 aliphatic heterocycles. The summed E-state index contributed by atoms with van der Waals surface area (Å²) in [5, 5.41) is 1.74. The van der Waals surface area contributed by atoms with E-state index in [1.54, 1.807) is 29.3 Å². The molecule has 4 aliphatic rings. The van der Waals surface area contributed by atoms with Crippen molar-refractivity contribution in [2.45, 2.75) is 25.2 Å². The van der Waals surface area contributed by atoms with Crippen LogP contribution in [0.4, 0.5) is 13.6 Å². The zero-order valence-corrected chi connectivity index (χ0v) is 24.9. The Morgan fingerprint density at radius 3 is 2.60 bits per heavy atom. The van der Waals surface area contributed by atoms with Crippen molar-refractivity contribution in [1.82, 2.24) is 14.5 Å². The summed E-state index contributed by atoms with van der Waals surface area (Å²) in [5.74, 6) is -3.11. The zero-order valence-electron chi connectivity index (χ0n) is 24.9. The Morgan fingerprint density at radius 1 is 0.979 bits per heavy atom. The van der Waals surface area contributed by atoms with Gasteiger partial charge in [0.15, 0.2) is 17.3 Å². The number of carbonyl (C=O) groups excluding carboxylic acids is 3. The van der Waals surface area contributed by atoms with E-state index in [2.05, 4.69) is 0 Å². The molecule has 2 amide bonds. The highest BCUT2D eigenvalue weighted by molar-refractivity contribution is 5.97.